The molecule has 0 radical (unpaired) electrons. The molecule has 0 aliphatic carbocycles. The van der Waals surface area contributed by atoms with Gasteiger partial charge in [-0.15, -0.1) is 0 Å². The molecule has 0 bridgehead atoms. The summed E-state index contributed by atoms with van der Waals surface area (Å²) < 4.78 is 16.9. The lowest BCUT2D eigenvalue weighted by Gasteiger charge is -2.40. The van der Waals surface area contributed by atoms with E-state index in [1.807, 2.05) is 38.1 Å². The monoisotopic (exact) mass is 356 g/mol. The van der Waals surface area contributed by atoms with Crippen molar-refractivity contribution < 1.29 is 19.0 Å². The molecular formula is C20H24N2O4. The van der Waals surface area contributed by atoms with E-state index < -0.39 is 0 Å². The number of benzene rings is 1. The van der Waals surface area contributed by atoms with Crippen molar-refractivity contribution in [2.24, 2.45) is 0 Å². The van der Waals surface area contributed by atoms with E-state index in [9.17, 15) is 4.79 Å². The summed E-state index contributed by atoms with van der Waals surface area (Å²) in [6, 6.07) is 7.91. The standard InChI is InChI=1S/C20H24N2O4/c1-3-25-19(23)17-14(2)15-6-4-5-7-16(15)21-18(17)22-9-11-26-20(12-22)8-10-24-13-20/h4-7H,3,8-13H2,1-2H3. The first kappa shape index (κ1) is 17.2. The molecule has 0 N–H and O–H groups in total. The highest BCUT2D eigenvalue weighted by molar-refractivity contribution is 6.02. The zero-order valence-corrected chi connectivity index (χ0v) is 15.3. The molecule has 2 fully saturated rings. The van der Waals surface area contributed by atoms with E-state index in [1.165, 1.54) is 0 Å². The summed E-state index contributed by atoms with van der Waals surface area (Å²) in [5, 5.41) is 0.978. The summed E-state index contributed by atoms with van der Waals surface area (Å²) in [4.78, 5) is 19.7. The fraction of sp³-hybridized carbons (Fsp3) is 0.500. The van der Waals surface area contributed by atoms with Gasteiger partial charge >= 0.3 is 5.97 Å². The van der Waals surface area contributed by atoms with Crippen molar-refractivity contribution in [2.75, 3.05) is 44.4 Å². The molecule has 2 aliphatic rings. The molecule has 2 aliphatic heterocycles. The Hall–Kier alpha value is -2.18. The van der Waals surface area contributed by atoms with Gasteiger partial charge in [0.1, 0.15) is 17.0 Å². The molecule has 4 rings (SSSR count). The molecule has 1 unspecified atom stereocenters. The second kappa shape index (κ2) is 6.85. The predicted molar refractivity (Wildman–Crippen MR) is 98.8 cm³/mol. The number of carbonyl (C=O) groups excluding carboxylic acids is 1. The summed E-state index contributed by atoms with van der Waals surface area (Å²) in [7, 11) is 0. The SMILES string of the molecule is CCOC(=O)c1c(N2CCOC3(CCOC3)C2)nc2ccccc2c1C. The zero-order chi connectivity index (χ0) is 18.1. The van der Waals surface area contributed by atoms with E-state index >= 15 is 0 Å². The van der Waals surface area contributed by atoms with Crippen LogP contribution >= 0.6 is 0 Å². The van der Waals surface area contributed by atoms with Crippen molar-refractivity contribution in [1.82, 2.24) is 4.98 Å². The number of esters is 1. The van der Waals surface area contributed by atoms with Crippen molar-refractivity contribution in [2.45, 2.75) is 25.9 Å². The van der Waals surface area contributed by atoms with Crippen molar-refractivity contribution in [1.29, 1.82) is 0 Å². The van der Waals surface area contributed by atoms with Gasteiger partial charge in [-0.25, -0.2) is 9.78 Å². The first-order valence-corrected chi connectivity index (χ1v) is 9.17. The normalized spacial score (nSPS) is 22.9. The van der Waals surface area contributed by atoms with Gasteiger partial charge in [-0.2, -0.15) is 0 Å². The number of rotatable bonds is 3. The first-order valence-electron chi connectivity index (χ1n) is 9.17. The number of carbonyl (C=O) groups is 1. The largest absolute Gasteiger partial charge is 0.462 e. The van der Waals surface area contributed by atoms with Crippen LogP contribution in [-0.4, -0.2) is 56.1 Å². The molecule has 1 aromatic heterocycles. The number of aryl methyl sites for hydroxylation is 1. The Kier molecular flexibility index (Phi) is 4.54. The second-order valence-corrected chi connectivity index (χ2v) is 6.93. The number of hydrogen-bond donors (Lipinski definition) is 0. The van der Waals surface area contributed by atoms with Crippen LogP contribution in [0.1, 0.15) is 29.3 Å². The number of nitrogens with zero attached hydrogens (tertiary/aromatic N) is 2. The third-order valence-electron chi connectivity index (χ3n) is 5.23. The minimum atomic E-state index is -0.318. The Labute approximate surface area is 153 Å². The Morgan fingerprint density at radius 3 is 2.96 bits per heavy atom. The lowest BCUT2D eigenvalue weighted by atomic mass is 9.99. The van der Waals surface area contributed by atoms with E-state index in [0.29, 0.717) is 50.9 Å². The van der Waals surface area contributed by atoms with Gasteiger partial charge in [0.25, 0.3) is 0 Å². The van der Waals surface area contributed by atoms with Crippen LogP contribution in [0, 0.1) is 6.92 Å². The number of hydrogen-bond acceptors (Lipinski definition) is 6. The van der Waals surface area contributed by atoms with Crippen LogP contribution in [0.25, 0.3) is 10.9 Å². The number of ether oxygens (including phenoxy) is 3. The molecule has 1 spiro atoms. The number of anilines is 1. The van der Waals surface area contributed by atoms with Crippen LogP contribution in [-0.2, 0) is 14.2 Å². The van der Waals surface area contributed by atoms with Gasteiger partial charge in [0, 0.05) is 25.0 Å². The van der Waals surface area contributed by atoms with Gasteiger partial charge in [0.05, 0.1) is 31.9 Å². The molecule has 138 valence electrons. The maximum atomic E-state index is 12.7. The first-order chi connectivity index (χ1) is 12.6. The van der Waals surface area contributed by atoms with Crippen LogP contribution in [0.15, 0.2) is 24.3 Å². The van der Waals surface area contributed by atoms with Gasteiger partial charge < -0.3 is 19.1 Å². The molecule has 6 heteroatoms. The maximum Gasteiger partial charge on any atom is 0.342 e. The molecule has 0 amide bonds. The fourth-order valence-electron chi connectivity index (χ4n) is 3.89. The van der Waals surface area contributed by atoms with Crippen molar-refractivity contribution >= 4 is 22.7 Å². The van der Waals surface area contributed by atoms with Crippen LogP contribution < -0.4 is 4.90 Å². The van der Waals surface area contributed by atoms with E-state index in [2.05, 4.69) is 4.90 Å². The zero-order valence-electron chi connectivity index (χ0n) is 15.3. The van der Waals surface area contributed by atoms with Gasteiger partial charge in [-0.3, -0.25) is 0 Å². The smallest absolute Gasteiger partial charge is 0.342 e. The molecule has 1 atom stereocenters. The summed E-state index contributed by atoms with van der Waals surface area (Å²) in [6.07, 6.45) is 0.866. The number of fused-ring (bicyclic) bond motifs is 1. The topological polar surface area (TPSA) is 60.9 Å². The minimum absolute atomic E-state index is 0.300. The lowest BCUT2D eigenvalue weighted by Crippen LogP contribution is -2.53. The number of pyridine rings is 1. The summed E-state index contributed by atoms with van der Waals surface area (Å²) >= 11 is 0. The van der Waals surface area contributed by atoms with Gasteiger partial charge in [0.2, 0.25) is 0 Å². The highest BCUT2D eigenvalue weighted by Gasteiger charge is 2.41. The Morgan fingerprint density at radius 2 is 2.19 bits per heavy atom. The van der Waals surface area contributed by atoms with Crippen molar-refractivity contribution in [3.63, 3.8) is 0 Å². The predicted octanol–water partition coefficient (Wildman–Crippen LogP) is 2.72. The average molecular weight is 356 g/mol. The quantitative estimate of drug-likeness (QED) is 0.788. The summed E-state index contributed by atoms with van der Waals surface area (Å²) in [5.41, 5.74) is 2.05. The van der Waals surface area contributed by atoms with E-state index in [1.54, 1.807) is 0 Å². The van der Waals surface area contributed by atoms with Gasteiger partial charge in [-0.1, -0.05) is 18.2 Å². The highest BCUT2D eigenvalue weighted by Crippen LogP contribution is 2.34. The van der Waals surface area contributed by atoms with Crippen LogP contribution in [0.5, 0.6) is 0 Å². The minimum Gasteiger partial charge on any atom is -0.462 e. The molecule has 6 nitrogen and oxygen atoms in total. The molecule has 2 aromatic rings. The Bertz CT molecular complexity index is 830. The molecule has 26 heavy (non-hydrogen) atoms. The van der Waals surface area contributed by atoms with E-state index in [0.717, 1.165) is 22.9 Å². The molecular weight excluding hydrogens is 332 g/mol. The van der Waals surface area contributed by atoms with E-state index in [4.69, 9.17) is 19.2 Å². The Morgan fingerprint density at radius 1 is 1.35 bits per heavy atom. The Balaban J connectivity index is 1.82. The van der Waals surface area contributed by atoms with Gasteiger partial charge in [0.15, 0.2) is 0 Å². The number of morpholine rings is 1. The van der Waals surface area contributed by atoms with Crippen LogP contribution in [0.2, 0.25) is 0 Å². The van der Waals surface area contributed by atoms with Crippen LogP contribution in [0.3, 0.4) is 0 Å². The maximum absolute atomic E-state index is 12.7. The third-order valence-corrected chi connectivity index (χ3v) is 5.23. The van der Waals surface area contributed by atoms with Crippen molar-refractivity contribution in [3.05, 3.63) is 35.4 Å². The molecule has 3 heterocycles. The molecule has 0 saturated carbocycles. The highest BCUT2D eigenvalue weighted by atomic mass is 16.6. The average Bonchev–Trinajstić information content (AvgIpc) is 3.09. The summed E-state index contributed by atoms with van der Waals surface area (Å²) in [6.45, 7) is 7.39. The second-order valence-electron chi connectivity index (χ2n) is 6.93. The lowest BCUT2D eigenvalue weighted by molar-refractivity contribution is -0.0581. The summed E-state index contributed by atoms with van der Waals surface area (Å²) in [5.74, 6) is 0.371. The van der Waals surface area contributed by atoms with Crippen molar-refractivity contribution in [3.8, 4) is 0 Å². The van der Waals surface area contributed by atoms with Crippen LogP contribution in [0.4, 0.5) is 5.82 Å². The fourth-order valence-corrected chi connectivity index (χ4v) is 3.89. The molecule has 1 aromatic carbocycles. The molecule has 2 saturated heterocycles. The number of aromatic nitrogens is 1. The van der Waals surface area contributed by atoms with Gasteiger partial charge in [-0.05, 0) is 25.5 Å². The third kappa shape index (κ3) is 2.93. The van der Waals surface area contributed by atoms with E-state index in [-0.39, 0.29) is 11.6 Å². The number of para-hydroxylation sites is 1.